The lowest BCUT2D eigenvalue weighted by atomic mass is 10.1. The third-order valence-electron chi connectivity index (χ3n) is 3.58. The van der Waals surface area contributed by atoms with Crippen LogP contribution in [0.4, 0.5) is 0 Å². The van der Waals surface area contributed by atoms with Gasteiger partial charge in [0.15, 0.2) is 0 Å². The molecule has 0 aliphatic carbocycles. The number of fused-ring (bicyclic) bond motifs is 1. The van der Waals surface area contributed by atoms with Crippen LogP contribution in [0.3, 0.4) is 0 Å². The SMILES string of the molecule is CC(S)C(=O)NC1CCSC2CCC(C(=O)O)N2C1=O. The summed E-state index contributed by atoms with van der Waals surface area (Å²) in [5.74, 6) is -0.838. The Morgan fingerprint density at radius 1 is 1.45 bits per heavy atom. The van der Waals surface area contributed by atoms with E-state index in [9.17, 15) is 19.5 Å². The van der Waals surface area contributed by atoms with Crippen molar-refractivity contribution < 1.29 is 19.5 Å². The number of rotatable bonds is 3. The Kier molecular flexibility index (Phi) is 4.85. The van der Waals surface area contributed by atoms with Crippen LogP contribution in [0.2, 0.25) is 0 Å². The molecule has 0 bridgehead atoms. The summed E-state index contributed by atoms with van der Waals surface area (Å²) >= 11 is 5.63. The summed E-state index contributed by atoms with van der Waals surface area (Å²) in [6.07, 6.45) is 1.69. The number of thiol groups is 1. The molecule has 0 saturated carbocycles. The molecule has 2 aliphatic heterocycles. The van der Waals surface area contributed by atoms with Crippen molar-refractivity contribution in [2.45, 2.75) is 48.9 Å². The van der Waals surface area contributed by atoms with E-state index < -0.39 is 23.3 Å². The second-order valence-corrected chi connectivity index (χ2v) is 7.09. The lowest BCUT2D eigenvalue weighted by Gasteiger charge is -2.28. The van der Waals surface area contributed by atoms with Gasteiger partial charge in [0, 0.05) is 0 Å². The van der Waals surface area contributed by atoms with Crippen LogP contribution in [0.1, 0.15) is 26.2 Å². The van der Waals surface area contributed by atoms with Gasteiger partial charge in [-0.2, -0.15) is 12.6 Å². The highest BCUT2D eigenvalue weighted by molar-refractivity contribution is 7.99. The van der Waals surface area contributed by atoms with Gasteiger partial charge in [-0.15, -0.1) is 11.8 Å². The smallest absolute Gasteiger partial charge is 0.326 e. The van der Waals surface area contributed by atoms with Crippen LogP contribution in [0, 0.1) is 0 Å². The number of nitrogens with one attached hydrogen (secondary N) is 1. The molecular weight excluding hydrogens is 300 g/mol. The predicted molar refractivity (Wildman–Crippen MR) is 78.7 cm³/mol. The summed E-state index contributed by atoms with van der Waals surface area (Å²) < 4.78 is 0. The minimum Gasteiger partial charge on any atom is -0.480 e. The van der Waals surface area contributed by atoms with Gasteiger partial charge < -0.3 is 15.3 Å². The highest BCUT2D eigenvalue weighted by Gasteiger charge is 2.45. The molecule has 20 heavy (non-hydrogen) atoms. The lowest BCUT2D eigenvalue weighted by Crippen LogP contribution is -2.53. The molecule has 112 valence electrons. The average molecular weight is 318 g/mol. The van der Waals surface area contributed by atoms with Crippen LogP contribution in [0.15, 0.2) is 0 Å². The number of carboxylic acid groups (broad SMARTS) is 1. The molecule has 4 unspecified atom stereocenters. The summed E-state index contributed by atoms with van der Waals surface area (Å²) in [4.78, 5) is 36.9. The molecule has 8 heteroatoms. The van der Waals surface area contributed by atoms with Crippen molar-refractivity contribution >= 4 is 42.2 Å². The number of aliphatic carboxylic acids is 1. The quantitative estimate of drug-likeness (QED) is 0.653. The summed E-state index contributed by atoms with van der Waals surface area (Å²) in [6.45, 7) is 1.63. The zero-order valence-corrected chi connectivity index (χ0v) is 12.8. The number of amides is 2. The molecule has 2 saturated heterocycles. The Morgan fingerprint density at radius 2 is 2.15 bits per heavy atom. The zero-order valence-electron chi connectivity index (χ0n) is 11.1. The van der Waals surface area contributed by atoms with E-state index in [4.69, 9.17) is 0 Å². The molecule has 0 aromatic rings. The van der Waals surface area contributed by atoms with E-state index in [2.05, 4.69) is 17.9 Å². The molecule has 2 N–H and O–H groups in total. The largest absolute Gasteiger partial charge is 0.480 e. The van der Waals surface area contributed by atoms with Gasteiger partial charge >= 0.3 is 5.97 Å². The Balaban J connectivity index is 2.15. The van der Waals surface area contributed by atoms with Crippen molar-refractivity contribution in [2.75, 3.05) is 5.75 Å². The molecule has 2 aliphatic rings. The van der Waals surface area contributed by atoms with Gasteiger partial charge in [0.1, 0.15) is 12.1 Å². The first-order chi connectivity index (χ1) is 9.41. The van der Waals surface area contributed by atoms with E-state index in [1.54, 1.807) is 18.7 Å². The van der Waals surface area contributed by atoms with Gasteiger partial charge in [-0.1, -0.05) is 0 Å². The first-order valence-electron chi connectivity index (χ1n) is 6.57. The van der Waals surface area contributed by atoms with Crippen LogP contribution >= 0.6 is 24.4 Å². The number of carbonyl (C=O) groups excluding carboxylic acids is 2. The molecule has 2 amide bonds. The Hall–Kier alpha value is -0.890. The molecule has 2 fully saturated rings. The van der Waals surface area contributed by atoms with Crippen LogP contribution in [0.5, 0.6) is 0 Å². The second-order valence-electron chi connectivity index (χ2n) is 5.03. The fourth-order valence-electron chi connectivity index (χ4n) is 2.53. The summed E-state index contributed by atoms with van der Waals surface area (Å²) in [7, 11) is 0. The molecule has 0 spiro atoms. The van der Waals surface area contributed by atoms with Crippen molar-refractivity contribution in [3.05, 3.63) is 0 Å². The molecule has 0 radical (unpaired) electrons. The molecule has 4 atom stereocenters. The molecule has 2 rings (SSSR count). The van der Waals surface area contributed by atoms with Gasteiger partial charge in [-0.25, -0.2) is 4.79 Å². The first kappa shape index (κ1) is 15.5. The second kappa shape index (κ2) is 6.26. The van der Waals surface area contributed by atoms with Gasteiger partial charge in [-0.05, 0) is 31.9 Å². The molecule has 0 aromatic heterocycles. The van der Waals surface area contributed by atoms with Crippen LogP contribution in [0.25, 0.3) is 0 Å². The molecular formula is C12H18N2O4S2. The number of thioether (sulfide) groups is 1. The molecule has 0 aromatic carbocycles. The molecule has 6 nitrogen and oxygen atoms in total. The summed E-state index contributed by atoms with van der Waals surface area (Å²) in [5, 5.41) is 11.3. The summed E-state index contributed by atoms with van der Waals surface area (Å²) in [5.41, 5.74) is 0. The van der Waals surface area contributed by atoms with Crippen LogP contribution < -0.4 is 5.32 Å². The third kappa shape index (κ3) is 3.06. The normalized spacial score (nSPS) is 31.4. The Morgan fingerprint density at radius 3 is 2.75 bits per heavy atom. The van der Waals surface area contributed by atoms with E-state index in [1.807, 2.05) is 0 Å². The molecule has 2 heterocycles. The van der Waals surface area contributed by atoms with E-state index in [1.165, 1.54) is 4.90 Å². The van der Waals surface area contributed by atoms with Crippen molar-refractivity contribution in [3.8, 4) is 0 Å². The van der Waals surface area contributed by atoms with Gasteiger partial charge in [0.2, 0.25) is 11.8 Å². The number of hydrogen-bond donors (Lipinski definition) is 3. The van der Waals surface area contributed by atoms with Crippen LogP contribution in [-0.4, -0.2) is 56.3 Å². The Bertz CT molecular complexity index is 430. The number of hydrogen-bond acceptors (Lipinski definition) is 5. The topological polar surface area (TPSA) is 86.7 Å². The lowest BCUT2D eigenvalue weighted by molar-refractivity contribution is -0.149. The average Bonchev–Trinajstić information content (AvgIpc) is 2.74. The van der Waals surface area contributed by atoms with Crippen LogP contribution in [-0.2, 0) is 14.4 Å². The van der Waals surface area contributed by atoms with Crippen molar-refractivity contribution in [2.24, 2.45) is 0 Å². The highest BCUT2D eigenvalue weighted by Crippen LogP contribution is 2.35. The number of carboxylic acids is 1. The van der Waals surface area contributed by atoms with E-state index >= 15 is 0 Å². The van der Waals surface area contributed by atoms with Crippen molar-refractivity contribution in [3.63, 3.8) is 0 Å². The maximum absolute atomic E-state index is 12.5. The van der Waals surface area contributed by atoms with E-state index in [-0.39, 0.29) is 17.2 Å². The standard InChI is InChI=1S/C12H18N2O4S2/c1-6(19)10(15)13-7-4-5-20-9-3-2-8(12(17)18)14(9)11(7)16/h6-9,19H,2-5H2,1H3,(H,13,15)(H,17,18). The number of carbonyl (C=O) groups is 3. The number of nitrogens with zero attached hydrogens (tertiary/aromatic N) is 1. The maximum atomic E-state index is 12.5. The van der Waals surface area contributed by atoms with Gasteiger partial charge in [-0.3, -0.25) is 9.59 Å². The van der Waals surface area contributed by atoms with Crippen molar-refractivity contribution in [1.29, 1.82) is 0 Å². The zero-order chi connectivity index (χ0) is 14.9. The minimum absolute atomic E-state index is 0.0843. The predicted octanol–water partition coefficient (Wildman–Crippen LogP) is 0.328. The monoisotopic (exact) mass is 318 g/mol. The first-order valence-corrected chi connectivity index (χ1v) is 8.13. The fraction of sp³-hybridized carbons (Fsp3) is 0.750. The third-order valence-corrected chi connectivity index (χ3v) is 5.14. The fourth-order valence-corrected chi connectivity index (χ4v) is 3.97. The Labute approximate surface area is 127 Å². The van der Waals surface area contributed by atoms with E-state index in [0.29, 0.717) is 19.3 Å². The highest BCUT2D eigenvalue weighted by atomic mass is 32.2. The van der Waals surface area contributed by atoms with Crippen molar-refractivity contribution in [1.82, 2.24) is 10.2 Å². The minimum atomic E-state index is -0.976. The van der Waals surface area contributed by atoms with Gasteiger partial charge in [0.25, 0.3) is 0 Å². The summed E-state index contributed by atoms with van der Waals surface area (Å²) in [6, 6.07) is -1.42. The van der Waals surface area contributed by atoms with Gasteiger partial charge in [0.05, 0.1) is 10.6 Å². The van der Waals surface area contributed by atoms with E-state index in [0.717, 1.165) is 5.75 Å². The maximum Gasteiger partial charge on any atom is 0.326 e.